The second kappa shape index (κ2) is 9.28. The highest BCUT2D eigenvalue weighted by Crippen LogP contribution is 2.40. The van der Waals surface area contributed by atoms with Gasteiger partial charge in [0.1, 0.15) is 0 Å². The van der Waals surface area contributed by atoms with Gasteiger partial charge < -0.3 is 10.6 Å². The number of nitrogens with zero attached hydrogens (tertiary/aromatic N) is 1. The normalized spacial score (nSPS) is 20.9. The number of hydrogen-bond acceptors (Lipinski definition) is 1. The van der Waals surface area contributed by atoms with Crippen LogP contribution in [-0.2, 0) is 0 Å². The van der Waals surface area contributed by atoms with Gasteiger partial charge in [-0.1, -0.05) is 44.2 Å². The molecule has 4 heteroatoms. The number of hydrogen-bond donors (Lipinski definition) is 2. The van der Waals surface area contributed by atoms with E-state index in [0.29, 0.717) is 17.9 Å². The van der Waals surface area contributed by atoms with Crippen molar-refractivity contribution in [3.05, 3.63) is 35.9 Å². The van der Waals surface area contributed by atoms with E-state index in [0.717, 1.165) is 25.5 Å². The molecule has 21 heavy (non-hydrogen) atoms. The molecule has 1 aliphatic carbocycles. The van der Waals surface area contributed by atoms with Crippen LogP contribution in [-0.4, -0.2) is 25.1 Å². The number of halogens is 1. The van der Waals surface area contributed by atoms with Crippen LogP contribution in [0.2, 0.25) is 0 Å². The average Bonchev–Trinajstić information content (AvgIpc) is 3.19. The molecule has 2 atom stereocenters. The maximum atomic E-state index is 4.66. The molecule has 2 N–H and O–H groups in total. The Hall–Kier alpha value is -0.780. The van der Waals surface area contributed by atoms with Crippen molar-refractivity contribution in [3.8, 4) is 0 Å². The zero-order valence-corrected chi connectivity index (χ0v) is 15.6. The SMILES string of the molecule is CCNC(=NCCC(C)C)NC1CC1c1ccccc1.I. The highest BCUT2D eigenvalue weighted by atomic mass is 127. The van der Waals surface area contributed by atoms with Gasteiger partial charge in [-0.05, 0) is 31.2 Å². The minimum absolute atomic E-state index is 0. The molecule has 118 valence electrons. The van der Waals surface area contributed by atoms with Crippen LogP contribution in [0, 0.1) is 5.92 Å². The lowest BCUT2D eigenvalue weighted by Crippen LogP contribution is -2.39. The minimum Gasteiger partial charge on any atom is -0.357 e. The topological polar surface area (TPSA) is 36.4 Å². The fourth-order valence-corrected chi connectivity index (χ4v) is 2.35. The molecule has 1 aliphatic rings. The first kappa shape index (κ1) is 18.3. The van der Waals surface area contributed by atoms with Gasteiger partial charge >= 0.3 is 0 Å². The van der Waals surface area contributed by atoms with Crippen molar-refractivity contribution in [2.24, 2.45) is 10.9 Å². The molecule has 0 aliphatic heterocycles. The molecular formula is C17H28IN3. The summed E-state index contributed by atoms with van der Waals surface area (Å²) in [4.78, 5) is 4.66. The van der Waals surface area contributed by atoms with Crippen LogP contribution in [0.3, 0.4) is 0 Å². The van der Waals surface area contributed by atoms with Gasteiger partial charge in [0.05, 0.1) is 0 Å². The Labute approximate surface area is 146 Å². The number of guanidine groups is 1. The Bertz CT molecular complexity index is 431. The van der Waals surface area contributed by atoms with Crippen molar-refractivity contribution >= 4 is 29.9 Å². The van der Waals surface area contributed by atoms with Crippen molar-refractivity contribution < 1.29 is 0 Å². The van der Waals surface area contributed by atoms with E-state index in [9.17, 15) is 0 Å². The molecule has 0 aromatic heterocycles. The lowest BCUT2D eigenvalue weighted by atomic mass is 10.1. The van der Waals surface area contributed by atoms with Gasteiger partial charge in [-0.25, -0.2) is 0 Å². The third-order valence-electron chi connectivity index (χ3n) is 3.66. The second-order valence-corrected chi connectivity index (χ2v) is 5.95. The minimum atomic E-state index is 0. The molecular weight excluding hydrogens is 373 g/mol. The van der Waals surface area contributed by atoms with Crippen LogP contribution in [0.15, 0.2) is 35.3 Å². The van der Waals surface area contributed by atoms with Crippen molar-refractivity contribution in [1.82, 2.24) is 10.6 Å². The van der Waals surface area contributed by atoms with Crippen LogP contribution < -0.4 is 10.6 Å². The maximum Gasteiger partial charge on any atom is 0.191 e. The van der Waals surface area contributed by atoms with Gasteiger partial charge in [-0.3, -0.25) is 4.99 Å². The average molecular weight is 401 g/mol. The highest BCUT2D eigenvalue weighted by molar-refractivity contribution is 14.0. The fraction of sp³-hybridized carbons (Fsp3) is 0.588. The van der Waals surface area contributed by atoms with E-state index in [2.05, 4.69) is 66.7 Å². The number of aliphatic imine (C=N–C) groups is 1. The number of benzene rings is 1. The van der Waals surface area contributed by atoms with Crippen molar-refractivity contribution in [2.75, 3.05) is 13.1 Å². The molecule has 0 amide bonds. The van der Waals surface area contributed by atoms with Crippen LogP contribution in [0.5, 0.6) is 0 Å². The van der Waals surface area contributed by atoms with Gasteiger partial charge in [0.2, 0.25) is 0 Å². The molecule has 1 saturated carbocycles. The quantitative estimate of drug-likeness (QED) is 0.433. The Balaban J connectivity index is 0.00000220. The zero-order valence-electron chi connectivity index (χ0n) is 13.3. The van der Waals surface area contributed by atoms with Crippen LogP contribution >= 0.6 is 24.0 Å². The monoisotopic (exact) mass is 401 g/mol. The van der Waals surface area contributed by atoms with E-state index < -0.39 is 0 Å². The molecule has 0 heterocycles. The Kier molecular flexibility index (Phi) is 8.07. The largest absolute Gasteiger partial charge is 0.357 e. The number of rotatable bonds is 6. The molecule has 0 saturated heterocycles. The summed E-state index contributed by atoms with van der Waals surface area (Å²) in [6.07, 6.45) is 2.35. The first-order valence-electron chi connectivity index (χ1n) is 7.80. The predicted molar refractivity (Wildman–Crippen MR) is 102 cm³/mol. The predicted octanol–water partition coefficient (Wildman–Crippen LogP) is 3.76. The van der Waals surface area contributed by atoms with Crippen molar-refractivity contribution in [1.29, 1.82) is 0 Å². The summed E-state index contributed by atoms with van der Waals surface area (Å²) in [6.45, 7) is 8.40. The molecule has 3 nitrogen and oxygen atoms in total. The van der Waals surface area contributed by atoms with Gasteiger partial charge in [0, 0.05) is 25.0 Å². The molecule has 0 bridgehead atoms. The molecule has 1 aromatic rings. The smallest absolute Gasteiger partial charge is 0.191 e. The summed E-state index contributed by atoms with van der Waals surface area (Å²) in [6, 6.07) is 11.3. The summed E-state index contributed by atoms with van der Waals surface area (Å²) >= 11 is 0. The Morgan fingerprint density at radius 3 is 2.62 bits per heavy atom. The lowest BCUT2D eigenvalue weighted by Gasteiger charge is -2.11. The van der Waals surface area contributed by atoms with E-state index in [4.69, 9.17) is 0 Å². The summed E-state index contributed by atoms with van der Waals surface area (Å²) in [5.41, 5.74) is 1.43. The number of nitrogens with one attached hydrogen (secondary N) is 2. The van der Waals surface area contributed by atoms with Crippen molar-refractivity contribution in [3.63, 3.8) is 0 Å². The molecule has 0 radical (unpaired) electrons. The van der Waals surface area contributed by atoms with Gasteiger partial charge in [0.25, 0.3) is 0 Å². The second-order valence-electron chi connectivity index (χ2n) is 5.95. The van der Waals surface area contributed by atoms with Crippen molar-refractivity contribution in [2.45, 2.75) is 45.6 Å². The molecule has 1 fully saturated rings. The Morgan fingerprint density at radius 2 is 2.00 bits per heavy atom. The van der Waals surface area contributed by atoms with Gasteiger partial charge in [-0.15, -0.1) is 24.0 Å². The molecule has 0 spiro atoms. The van der Waals surface area contributed by atoms with Crippen LogP contribution in [0.4, 0.5) is 0 Å². The third-order valence-corrected chi connectivity index (χ3v) is 3.66. The first-order chi connectivity index (χ1) is 9.70. The fourth-order valence-electron chi connectivity index (χ4n) is 2.35. The van der Waals surface area contributed by atoms with E-state index in [1.165, 1.54) is 12.0 Å². The summed E-state index contributed by atoms with van der Waals surface area (Å²) in [5.74, 6) is 2.32. The molecule has 2 unspecified atom stereocenters. The summed E-state index contributed by atoms with van der Waals surface area (Å²) in [7, 11) is 0. The maximum absolute atomic E-state index is 4.66. The standard InChI is InChI=1S/C17H27N3.HI/c1-4-18-17(19-11-10-13(2)3)20-16-12-15(16)14-8-6-5-7-9-14;/h5-9,13,15-16H,4,10-12H2,1-3H3,(H2,18,19,20);1H. The van der Waals surface area contributed by atoms with Crippen LogP contribution in [0.25, 0.3) is 0 Å². The van der Waals surface area contributed by atoms with E-state index in [1.54, 1.807) is 0 Å². The van der Waals surface area contributed by atoms with Gasteiger partial charge in [-0.2, -0.15) is 0 Å². The summed E-state index contributed by atoms with van der Waals surface area (Å²) < 4.78 is 0. The zero-order chi connectivity index (χ0) is 14.4. The Morgan fingerprint density at radius 1 is 1.29 bits per heavy atom. The van der Waals surface area contributed by atoms with Gasteiger partial charge in [0.15, 0.2) is 5.96 Å². The molecule has 2 rings (SSSR count). The summed E-state index contributed by atoms with van der Waals surface area (Å²) in [5, 5.41) is 6.89. The highest BCUT2D eigenvalue weighted by Gasteiger charge is 2.38. The van der Waals surface area contributed by atoms with E-state index >= 15 is 0 Å². The van der Waals surface area contributed by atoms with E-state index in [1.807, 2.05) is 0 Å². The first-order valence-corrected chi connectivity index (χ1v) is 7.80. The van der Waals surface area contributed by atoms with E-state index in [-0.39, 0.29) is 24.0 Å². The lowest BCUT2D eigenvalue weighted by molar-refractivity contribution is 0.594. The van der Waals surface area contributed by atoms with Crippen LogP contribution in [0.1, 0.15) is 45.1 Å². The molecule has 1 aromatic carbocycles. The third kappa shape index (κ3) is 6.24.